The highest BCUT2D eigenvalue weighted by molar-refractivity contribution is 5.95. The van der Waals surface area contributed by atoms with E-state index in [-0.39, 0.29) is 17.7 Å². The zero-order valence-electron chi connectivity index (χ0n) is 11.0. The van der Waals surface area contributed by atoms with E-state index in [4.69, 9.17) is 4.52 Å². The SMILES string of the molecule is Cc1cc(NC(=O)[C@@H]2[C@@H](C(=O)[O-])[C@@H]3C=C[C@@H]2CC3)no1. The number of aliphatic carboxylic acids is 1. The molecule has 1 aromatic heterocycles. The van der Waals surface area contributed by atoms with E-state index in [1.165, 1.54) is 0 Å². The van der Waals surface area contributed by atoms with Gasteiger partial charge < -0.3 is 19.7 Å². The third kappa shape index (κ3) is 2.11. The monoisotopic (exact) mass is 275 g/mol. The largest absolute Gasteiger partial charge is 0.550 e. The molecule has 3 aliphatic carbocycles. The fourth-order valence-electron chi connectivity index (χ4n) is 3.31. The van der Waals surface area contributed by atoms with Crippen LogP contribution in [0, 0.1) is 30.6 Å². The Bertz CT molecular complexity index is 577. The molecule has 1 N–H and O–H groups in total. The molecule has 1 fully saturated rings. The molecule has 0 aliphatic heterocycles. The molecule has 1 aromatic rings. The van der Waals surface area contributed by atoms with Crippen LogP contribution >= 0.6 is 0 Å². The molecule has 0 saturated heterocycles. The predicted molar refractivity (Wildman–Crippen MR) is 67.2 cm³/mol. The average molecular weight is 275 g/mol. The summed E-state index contributed by atoms with van der Waals surface area (Å²) in [6.07, 6.45) is 5.48. The van der Waals surface area contributed by atoms with Gasteiger partial charge in [0.2, 0.25) is 5.91 Å². The van der Waals surface area contributed by atoms with Gasteiger partial charge in [-0.3, -0.25) is 4.79 Å². The van der Waals surface area contributed by atoms with Crippen molar-refractivity contribution in [2.45, 2.75) is 19.8 Å². The minimum Gasteiger partial charge on any atom is -0.550 e. The van der Waals surface area contributed by atoms with Crippen LogP contribution in [0.5, 0.6) is 0 Å². The molecule has 6 nitrogen and oxygen atoms in total. The molecule has 1 amide bonds. The third-order valence-electron chi connectivity index (χ3n) is 4.20. The zero-order chi connectivity index (χ0) is 14.3. The zero-order valence-corrected chi connectivity index (χ0v) is 11.0. The van der Waals surface area contributed by atoms with Crippen molar-refractivity contribution in [1.82, 2.24) is 5.16 Å². The standard InChI is InChI=1S/C14H16N2O4/c1-7-6-10(16-20-7)15-13(17)11-8-2-4-9(5-3-8)12(11)14(18)19/h2,4,6,8-9,11-12H,3,5H2,1H3,(H,18,19)(H,15,16,17)/p-1/t8-,9-,11+,12+/m1/s1. The molecule has 2 bridgehead atoms. The van der Waals surface area contributed by atoms with E-state index in [1.807, 2.05) is 12.2 Å². The second kappa shape index (κ2) is 4.77. The fourth-order valence-corrected chi connectivity index (χ4v) is 3.31. The molecule has 4 atom stereocenters. The molecule has 20 heavy (non-hydrogen) atoms. The van der Waals surface area contributed by atoms with Crippen LogP contribution in [0.2, 0.25) is 0 Å². The van der Waals surface area contributed by atoms with Gasteiger partial charge in [0.15, 0.2) is 5.82 Å². The van der Waals surface area contributed by atoms with E-state index in [0.717, 1.165) is 12.8 Å². The molecule has 0 unspecified atom stereocenters. The van der Waals surface area contributed by atoms with Gasteiger partial charge in [0.1, 0.15) is 5.76 Å². The molecule has 1 heterocycles. The minimum absolute atomic E-state index is 0.0455. The number of carboxylic acid groups (broad SMARTS) is 1. The minimum atomic E-state index is -1.15. The Balaban J connectivity index is 1.82. The topological polar surface area (TPSA) is 95.3 Å². The van der Waals surface area contributed by atoms with Crippen molar-refractivity contribution >= 4 is 17.7 Å². The van der Waals surface area contributed by atoms with Crippen molar-refractivity contribution in [3.63, 3.8) is 0 Å². The van der Waals surface area contributed by atoms with Gasteiger partial charge in [-0.05, 0) is 31.6 Å². The number of allylic oxidation sites excluding steroid dienone is 2. The van der Waals surface area contributed by atoms with E-state index >= 15 is 0 Å². The van der Waals surface area contributed by atoms with E-state index < -0.39 is 17.8 Å². The number of carboxylic acids is 1. The fraction of sp³-hybridized carbons (Fsp3) is 0.500. The number of aryl methyl sites for hydroxylation is 1. The maximum Gasteiger partial charge on any atom is 0.230 e. The van der Waals surface area contributed by atoms with Gasteiger partial charge in [-0.25, -0.2) is 0 Å². The maximum atomic E-state index is 12.4. The van der Waals surface area contributed by atoms with Gasteiger partial charge in [0.05, 0.1) is 5.92 Å². The number of carbonyl (C=O) groups is 2. The summed E-state index contributed by atoms with van der Waals surface area (Å²) < 4.78 is 4.88. The van der Waals surface area contributed by atoms with E-state index in [9.17, 15) is 14.7 Å². The van der Waals surface area contributed by atoms with Crippen LogP contribution in [0.4, 0.5) is 5.82 Å². The first kappa shape index (κ1) is 12.9. The van der Waals surface area contributed by atoms with Crippen molar-refractivity contribution in [2.24, 2.45) is 23.7 Å². The van der Waals surface area contributed by atoms with Crippen LogP contribution in [0.15, 0.2) is 22.7 Å². The van der Waals surface area contributed by atoms with Gasteiger partial charge in [-0.15, -0.1) is 0 Å². The number of anilines is 1. The summed E-state index contributed by atoms with van der Waals surface area (Å²) in [6, 6.07) is 1.60. The molecular weight excluding hydrogens is 260 g/mol. The third-order valence-corrected chi connectivity index (χ3v) is 4.20. The summed E-state index contributed by atoms with van der Waals surface area (Å²) in [6.45, 7) is 1.72. The second-order valence-corrected chi connectivity index (χ2v) is 5.47. The number of hydrogen-bond donors (Lipinski definition) is 1. The maximum absolute atomic E-state index is 12.4. The summed E-state index contributed by atoms with van der Waals surface area (Å²) in [5.41, 5.74) is 0. The lowest BCUT2D eigenvalue weighted by Crippen LogP contribution is -2.51. The van der Waals surface area contributed by atoms with Gasteiger partial charge in [0, 0.05) is 18.0 Å². The number of amides is 1. The van der Waals surface area contributed by atoms with E-state index in [0.29, 0.717) is 11.6 Å². The Labute approximate surface area is 115 Å². The number of carbonyl (C=O) groups excluding carboxylic acids is 2. The molecule has 0 aromatic carbocycles. The Hall–Kier alpha value is -2.11. The number of nitrogens with zero attached hydrogens (tertiary/aromatic N) is 1. The number of aromatic nitrogens is 1. The number of nitrogens with one attached hydrogen (secondary N) is 1. The highest BCUT2D eigenvalue weighted by atomic mass is 16.5. The molecule has 6 heteroatoms. The van der Waals surface area contributed by atoms with E-state index in [2.05, 4.69) is 10.5 Å². The number of hydrogen-bond acceptors (Lipinski definition) is 5. The summed E-state index contributed by atoms with van der Waals surface area (Å²) in [7, 11) is 0. The number of fused-ring (bicyclic) bond motifs is 2. The average Bonchev–Trinajstić information content (AvgIpc) is 2.84. The molecule has 4 rings (SSSR count). The quantitative estimate of drug-likeness (QED) is 0.810. The van der Waals surface area contributed by atoms with Crippen molar-refractivity contribution in [1.29, 1.82) is 0 Å². The summed E-state index contributed by atoms with van der Waals surface area (Å²) in [5, 5.41) is 17.7. The van der Waals surface area contributed by atoms with Crippen LogP contribution in [-0.4, -0.2) is 17.0 Å². The number of rotatable bonds is 3. The van der Waals surface area contributed by atoms with Gasteiger partial charge in [0.25, 0.3) is 0 Å². The first-order chi connectivity index (χ1) is 9.56. The van der Waals surface area contributed by atoms with Crippen LogP contribution in [-0.2, 0) is 9.59 Å². The van der Waals surface area contributed by atoms with Gasteiger partial charge in [-0.2, -0.15) is 0 Å². The van der Waals surface area contributed by atoms with Crippen LogP contribution in [0.1, 0.15) is 18.6 Å². The second-order valence-electron chi connectivity index (χ2n) is 5.47. The van der Waals surface area contributed by atoms with Gasteiger partial charge >= 0.3 is 0 Å². The van der Waals surface area contributed by atoms with Crippen molar-refractivity contribution < 1.29 is 19.2 Å². The normalized spacial score (nSPS) is 31.2. The van der Waals surface area contributed by atoms with Crippen molar-refractivity contribution in [2.75, 3.05) is 5.32 Å². The van der Waals surface area contributed by atoms with Crippen LogP contribution in [0.3, 0.4) is 0 Å². The van der Waals surface area contributed by atoms with E-state index in [1.54, 1.807) is 13.0 Å². The lowest BCUT2D eigenvalue weighted by molar-refractivity contribution is -0.316. The Kier molecular flexibility index (Phi) is 3.08. The lowest BCUT2D eigenvalue weighted by atomic mass is 9.62. The molecule has 0 radical (unpaired) electrons. The molecular formula is C14H15N2O4-. The van der Waals surface area contributed by atoms with Crippen molar-refractivity contribution in [3.05, 3.63) is 24.0 Å². The molecule has 1 saturated carbocycles. The summed E-state index contributed by atoms with van der Waals surface area (Å²) in [4.78, 5) is 23.7. The van der Waals surface area contributed by atoms with Crippen LogP contribution in [0.25, 0.3) is 0 Å². The Morgan fingerprint density at radius 1 is 1.30 bits per heavy atom. The highest BCUT2D eigenvalue weighted by Gasteiger charge is 2.45. The van der Waals surface area contributed by atoms with Crippen molar-refractivity contribution in [3.8, 4) is 0 Å². The molecule has 0 spiro atoms. The Morgan fingerprint density at radius 2 is 1.95 bits per heavy atom. The van der Waals surface area contributed by atoms with Gasteiger partial charge in [-0.1, -0.05) is 17.3 Å². The smallest absolute Gasteiger partial charge is 0.230 e. The first-order valence-electron chi connectivity index (χ1n) is 6.69. The first-order valence-corrected chi connectivity index (χ1v) is 6.69. The Morgan fingerprint density at radius 3 is 2.45 bits per heavy atom. The summed E-state index contributed by atoms with van der Waals surface area (Å²) >= 11 is 0. The summed E-state index contributed by atoms with van der Waals surface area (Å²) in [5.74, 6) is -2.09. The molecule has 3 aliphatic rings. The lowest BCUT2D eigenvalue weighted by Gasteiger charge is -2.44. The highest BCUT2D eigenvalue weighted by Crippen LogP contribution is 2.45. The van der Waals surface area contributed by atoms with Crippen LogP contribution < -0.4 is 10.4 Å². The predicted octanol–water partition coefficient (Wildman–Crippen LogP) is 0.500. The molecule has 106 valence electrons.